The third kappa shape index (κ3) is 6.80. The van der Waals surface area contributed by atoms with Crippen LogP contribution in [0, 0.1) is 6.92 Å². The standard InChI is InChI=1S/C26H27ClN2O4/c1-4-5-13-32-26(31)20-11-9-19(10-12-20)18(3)29-24(30)23-15-21(27)16-28-25(23)33-22-8-6-7-17(2)14-22/h6-12,14-16,18H,4-5,13H2,1-3H3,(H,29,30)/t18-/m0/s1. The Labute approximate surface area is 198 Å². The number of aromatic nitrogens is 1. The lowest BCUT2D eigenvalue weighted by molar-refractivity contribution is 0.0499. The SMILES string of the molecule is CCCCOC(=O)c1ccc([C@H](C)NC(=O)c2cc(Cl)cnc2Oc2cccc(C)c2)cc1. The van der Waals surface area contributed by atoms with Crippen LogP contribution in [-0.2, 0) is 4.74 Å². The maximum atomic E-state index is 13.0. The Kier molecular flexibility index (Phi) is 8.44. The molecule has 0 saturated heterocycles. The summed E-state index contributed by atoms with van der Waals surface area (Å²) in [7, 11) is 0. The van der Waals surface area contributed by atoms with Crippen LogP contribution in [0.1, 0.15) is 64.6 Å². The van der Waals surface area contributed by atoms with Crippen LogP contribution in [0.25, 0.3) is 0 Å². The van der Waals surface area contributed by atoms with Crippen molar-refractivity contribution >= 4 is 23.5 Å². The minimum Gasteiger partial charge on any atom is -0.462 e. The van der Waals surface area contributed by atoms with Gasteiger partial charge in [0.25, 0.3) is 5.91 Å². The molecule has 0 radical (unpaired) electrons. The monoisotopic (exact) mass is 466 g/mol. The second kappa shape index (κ2) is 11.5. The average molecular weight is 467 g/mol. The van der Waals surface area contributed by atoms with E-state index in [0.29, 0.717) is 22.9 Å². The zero-order chi connectivity index (χ0) is 23.8. The van der Waals surface area contributed by atoms with E-state index in [1.54, 1.807) is 30.3 Å². The van der Waals surface area contributed by atoms with Gasteiger partial charge in [0.05, 0.1) is 23.2 Å². The van der Waals surface area contributed by atoms with Gasteiger partial charge in [0.2, 0.25) is 5.88 Å². The first kappa shape index (κ1) is 24.3. The van der Waals surface area contributed by atoms with Crippen LogP contribution in [0.4, 0.5) is 0 Å². The number of carbonyl (C=O) groups excluding carboxylic acids is 2. The predicted octanol–water partition coefficient (Wildman–Crippen LogP) is 6.28. The van der Waals surface area contributed by atoms with Gasteiger partial charge in [0, 0.05) is 6.20 Å². The maximum absolute atomic E-state index is 13.0. The first-order valence-corrected chi connectivity index (χ1v) is 11.2. The summed E-state index contributed by atoms with van der Waals surface area (Å²) in [6, 6.07) is 15.6. The van der Waals surface area contributed by atoms with Crippen LogP contribution in [0.2, 0.25) is 5.02 Å². The Bertz CT molecular complexity index is 1120. The third-order valence-electron chi connectivity index (χ3n) is 4.99. The average Bonchev–Trinajstić information content (AvgIpc) is 2.80. The van der Waals surface area contributed by atoms with Crippen molar-refractivity contribution in [3.8, 4) is 11.6 Å². The lowest BCUT2D eigenvalue weighted by Crippen LogP contribution is -2.27. The highest BCUT2D eigenvalue weighted by Crippen LogP contribution is 2.27. The Morgan fingerprint density at radius 3 is 2.58 bits per heavy atom. The summed E-state index contributed by atoms with van der Waals surface area (Å²) in [5, 5.41) is 3.26. The molecule has 33 heavy (non-hydrogen) atoms. The largest absolute Gasteiger partial charge is 0.462 e. The van der Waals surface area contributed by atoms with Crippen molar-refractivity contribution in [2.45, 2.75) is 39.7 Å². The Morgan fingerprint density at radius 2 is 1.88 bits per heavy atom. The van der Waals surface area contributed by atoms with Gasteiger partial charge in [-0.3, -0.25) is 4.79 Å². The number of amides is 1. The van der Waals surface area contributed by atoms with E-state index >= 15 is 0 Å². The molecule has 3 aromatic rings. The van der Waals surface area contributed by atoms with Crippen LogP contribution in [-0.4, -0.2) is 23.5 Å². The molecular formula is C26H27ClN2O4. The molecule has 0 saturated carbocycles. The molecule has 172 valence electrons. The lowest BCUT2D eigenvalue weighted by Gasteiger charge is -2.16. The second-order valence-electron chi connectivity index (χ2n) is 7.73. The number of nitrogens with zero attached hydrogens (tertiary/aromatic N) is 1. The van der Waals surface area contributed by atoms with Crippen LogP contribution < -0.4 is 10.1 Å². The van der Waals surface area contributed by atoms with Crippen LogP contribution >= 0.6 is 11.6 Å². The summed E-state index contributed by atoms with van der Waals surface area (Å²) in [5.74, 6) is 0.0195. The van der Waals surface area contributed by atoms with Crippen LogP contribution in [0.15, 0.2) is 60.8 Å². The summed E-state index contributed by atoms with van der Waals surface area (Å²) >= 11 is 6.09. The highest BCUT2D eigenvalue weighted by molar-refractivity contribution is 6.30. The van der Waals surface area contributed by atoms with Crippen molar-refractivity contribution in [1.29, 1.82) is 0 Å². The number of esters is 1. The van der Waals surface area contributed by atoms with Gasteiger partial charge in [-0.05, 0) is 61.7 Å². The summed E-state index contributed by atoms with van der Waals surface area (Å²) in [5.41, 5.74) is 2.57. The lowest BCUT2D eigenvalue weighted by atomic mass is 10.1. The topological polar surface area (TPSA) is 77.5 Å². The Morgan fingerprint density at radius 1 is 1.12 bits per heavy atom. The number of rotatable bonds is 9. The van der Waals surface area contributed by atoms with Gasteiger partial charge in [0.15, 0.2) is 0 Å². The van der Waals surface area contributed by atoms with Gasteiger partial charge >= 0.3 is 5.97 Å². The number of benzene rings is 2. The van der Waals surface area contributed by atoms with Gasteiger partial charge in [-0.2, -0.15) is 0 Å². The molecule has 1 aromatic heterocycles. The quantitative estimate of drug-likeness (QED) is 0.296. The van der Waals surface area contributed by atoms with Crippen molar-refractivity contribution in [3.63, 3.8) is 0 Å². The number of hydrogen-bond acceptors (Lipinski definition) is 5. The van der Waals surface area contributed by atoms with Crippen LogP contribution in [0.5, 0.6) is 11.6 Å². The number of carbonyl (C=O) groups is 2. The number of aryl methyl sites for hydroxylation is 1. The van der Waals surface area contributed by atoms with Crippen molar-refractivity contribution in [2.75, 3.05) is 6.61 Å². The minimum atomic E-state index is -0.372. The molecule has 7 heteroatoms. The number of halogens is 1. The van der Waals surface area contributed by atoms with Crippen molar-refractivity contribution in [3.05, 3.63) is 88.1 Å². The first-order chi connectivity index (χ1) is 15.9. The molecule has 1 N–H and O–H groups in total. The molecule has 1 amide bonds. The molecule has 1 heterocycles. The molecule has 1 atom stereocenters. The Balaban J connectivity index is 1.70. The predicted molar refractivity (Wildman–Crippen MR) is 128 cm³/mol. The van der Waals surface area contributed by atoms with Gasteiger partial charge in [-0.1, -0.05) is 49.2 Å². The first-order valence-electron chi connectivity index (χ1n) is 10.9. The van der Waals surface area contributed by atoms with E-state index in [4.69, 9.17) is 21.1 Å². The normalized spacial score (nSPS) is 11.5. The summed E-state index contributed by atoms with van der Waals surface area (Å²) in [4.78, 5) is 29.3. The fourth-order valence-corrected chi connectivity index (χ4v) is 3.28. The van der Waals surface area contributed by atoms with Crippen molar-refractivity contribution < 1.29 is 19.1 Å². The van der Waals surface area contributed by atoms with Crippen molar-refractivity contribution in [1.82, 2.24) is 10.3 Å². The van der Waals surface area contributed by atoms with E-state index in [-0.39, 0.29) is 29.4 Å². The van der Waals surface area contributed by atoms with Gasteiger partial charge in [0.1, 0.15) is 11.3 Å². The molecule has 0 aliphatic rings. The summed E-state index contributed by atoms with van der Waals surface area (Å²) < 4.78 is 11.1. The number of pyridine rings is 1. The molecule has 0 fully saturated rings. The Hall–Kier alpha value is -3.38. The second-order valence-corrected chi connectivity index (χ2v) is 8.17. The number of unbranched alkanes of at least 4 members (excludes halogenated alkanes) is 1. The molecule has 0 spiro atoms. The zero-order valence-electron chi connectivity index (χ0n) is 18.9. The van der Waals surface area contributed by atoms with Gasteiger partial charge in [-0.25, -0.2) is 9.78 Å². The molecule has 2 aromatic carbocycles. The zero-order valence-corrected chi connectivity index (χ0v) is 19.7. The molecule has 0 bridgehead atoms. The molecule has 3 rings (SSSR count). The third-order valence-corrected chi connectivity index (χ3v) is 5.20. The van der Waals surface area contributed by atoms with E-state index in [1.165, 1.54) is 12.3 Å². The van der Waals surface area contributed by atoms with Crippen molar-refractivity contribution in [2.24, 2.45) is 0 Å². The fraction of sp³-hybridized carbons (Fsp3) is 0.269. The van der Waals surface area contributed by atoms with Gasteiger partial charge < -0.3 is 14.8 Å². The van der Waals surface area contributed by atoms with E-state index in [0.717, 1.165) is 24.0 Å². The van der Waals surface area contributed by atoms with E-state index in [2.05, 4.69) is 10.3 Å². The number of hydrogen-bond donors (Lipinski definition) is 1. The van der Waals surface area contributed by atoms with E-state index < -0.39 is 0 Å². The summed E-state index contributed by atoms with van der Waals surface area (Å²) in [6.07, 6.45) is 3.23. The maximum Gasteiger partial charge on any atom is 0.338 e. The smallest absolute Gasteiger partial charge is 0.338 e. The molecule has 0 aliphatic carbocycles. The highest BCUT2D eigenvalue weighted by Gasteiger charge is 2.19. The van der Waals surface area contributed by atoms with E-state index in [1.807, 2.05) is 39.0 Å². The fourth-order valence-electron chi connectivity index (χ4n) is 3.12. The van der Waals surface area contributed by atoms with Crippen LogP contribution in [0.3, 0.4) is 0 Å². The van der Waals surface area contributed by atoms with E-state index in [9.17, 15) is 9.59 Å². The highest BCUT2D eigenvalue weighted by atomic mass is 35.5. The summed E-state index contributed by atoms with van der Waals surface area (Å²) in [6.45, 7) is 6.25. The van der Waals surface area contributed by atoms with Gasteiger partial charge in [-0.15, -0.1) is 0 Å². The molecular weight excluding hydrogens is 440 g/mol. The molecule has 6 nitrogen and oxygen atoms in total. The minimum absolute atomic E-state index is 0.167. The molecule has 0 unspecified atom stereocenters. The molecule has 0 aliphatic heterocycles. The number of nitrogens with one attached hydrogen (secondary N) is 1. The number of ether oxygens (including phenoxy) is 2.